The van der Waals surface area contributed by atoms with Crippen LogP contribution in [-0.2, 0) is 6.54 Å². The molecule has 2 aliphatic rings. The molecule has 2 atom stereocenters. The maximum absolute atomic E-state index is 14.4. The van der Waals surface area contributed by atoms with Gasteiger partial charge in [0.05, 0.1) is 6.20 Å². The van der Waals surface area contributed by atoms with E-state index in [1.54, 1.807) is 12.1 Å². The molecule has 1 aliphatic heterocycles. The van der Waals surface area contributed by atoms with Crippen molar-refractivity contribution in [1.29, 1.82) is 0 Å². The van der Waals surface area contributed by atoms with Crippen molar-refractivity contribution in [3.8, 4) is 28.5 Å². The molecule has 52 heavy (non-hydrogen) atoms. The average molecular weight is 710 g/mol. The SMILES string of the molecule is C[C@@H]1CN(Cc2cc(-c3cccc(Oc4ncc(F)cc4C(=O)N[C@H]4CC[C@@H](NC(=O)c5cn6cc(F)ccc6n5)CC4)c3)ccc2O)C[C@H](C)N1. The molecule has 1 saturated carbocycles. The van der Waals surface area contributed by atoms with Crippen molar-refractivity contribution in [2.45, 2.75) is 70.2 Å². The standard InChI is InChI=1S/C39H41F2N7O4/c1-23-18-47(19-24(2)43-23)20-27-14-26(6-12-35(27)49)25-4-3-5-32(15-25)52-39-33(16-29(41)17-42-39)37(50)44-30-8-10-31(11-9-30)45-38(51)34-22-48-21-28(40)7-13-36(48)46-34/h3-7,12-17,21-24,30-31,43,49H,8-11,18-20H2,1-2H3,(H,44,50)(H,45,51)/t23-,24+,30-,31+. The normalized spacial score (nSPS) is 20.8. The fourth-order valence-electron chi connectivity index (χ4n) is 7.20. The molecule has 4 heterocycles. The summed E-state index contributed by atoms with van der Waals surface area (Å²) in [5, 5.41) is 20.2. The first-order valence-electron chi connectivity index (χ1n) is 17.6. The zero-order valence-electron chi connectivity index (χ0n) is 29.0. The van der Waals surface area contributed by atoms with E-state index in [0.717, 1.165) is 42.0 Å². The van der Waals surface area contributed by atoms with E-state index in [1.165, 1.54) is 28.9 Å². The number of imidazole rings is 1. The van der Waals surface area contributed by atoms with Crippen LogP contribution in [-0.4, -0.2) is 73.4 Å². The Kier molecular flexibility index (Phi) is 10.1. The molecule has 3 aromatic heterocycles. The van der Waals surface area contributed by atoms with Crippen LogP contribution in [0.4, 0.5) is 8.78 Å². The summed E-state index contributed by atoms with van der Waals surface area (Å²) >= 11 is 0. The van der Waals surface area contributed by atoms with Gasteiger partial charge in [0.2, 0.25) is 5.88 Å². The monoisotopic (exact) mass is 709 g/mol. The number of aromatic hydroxyl groups is 1. The first kappa shape index (κ1) is 35.0. The van der Waals surface area contributed by atoms with Gasteiger partial charge in [0.1, 0.15) is 40.0 Å². The number of nitrogens with zero attached hydrogens (tertiary/aromatic N) is 4. The lowest BCUT2D eigenvalue weighted by atomic mass is 9.91. The van der Waals surface area contributed by atoms with Gasteiger partial charge in [0.15, 0.2) is 0 Å². The molecule has 5 aromatic rings. The van der Waals surface area contributed by atoms with Crippen LogP contribution in [0.5, 0.6) is 17.4 Å². The van der Waals surface area contributed by atoms with Gasteiger partial charge in [0.25, 0.3) is 11.8 Å². The molecule has 1 aliphatic carbocycles. The second-order valence-corrected chi connectivity index (χ2v) is 13.9. The van der Waals surface area contributed by atoms with Crippen molar-refractivity contribution in [2.75, 3.05) is 13.1 Å². The van der Waals surface area contributed by atoms with Crippen molar-refractivity contribution in [3.05, 3.63) is 108 Å². The number of benzene rings is 2. The van der Waals surface area contributed by atoms with Crippen LogP contribution in [0, 0.1) is 11.6 Å². The van der Waals surface area contributed by atoms with Crippen LogP contribution in [0.3, 0.4) is 0 Å². The first-order chi connectivity index (χ1) is 25.1. The lowest BCUT2D eigenvalue weighted by Crippen LogP contribution is -2.53. The highest BCUT2D eigenvalue weighted by Crippen LogP contribution is 2.32. The summed E-state index contributed by atoms with van der Waals surface area (Å²) < 4.78 is 35.5. The molecule has 0 radical (unpaired) electrons. The molecule has 1 saturated heterocycles. The van der Waals surface area contributed by atoms with Gasteiger partial charge in [-0.1, -0.05) is 18.2 Å². The first-order valence-corrected chi connectivity index (χ1v) is 17.6. The third-order valence-corrected chi connectivity index (χ3v) is 9.60. The predicted molar refractivity (Wildman–Crippen MR) is 191 cm³/mol. The number of nitrogens with one attached hydrogen (secondary N) is 3. The van der Waals surface area contributed by atoms with Crippen LogP contribution in [0.25, 0.3) is 16.8 Å². The van der Waals surface area contributed by atoms with Crippen molar-refractivity contribution in [3.63, 3.8) is 0 Å². The molecule has 2 amide bonds. The molecule has 11 nitrogen and oxygen atoms in total. The van der Waals surface area contributed by atoms with Gasteiger partial charge in [0, 0.05) is 61.8 Å². The number of halogens is 2. The van der Waals surface area contributed by atoms with E-state index in [0.29, 0.717) is 55.7 Å². The van der Waals surface area contributed by atoms with E-state index in [9.17, 15) is 23.5 Å². The Morgan fingerprint density at radius 1 is 0.885 bits per heavy atom. The summed E-state index contributed by atoms with van der Waals surface area (Å²) in [5.41, 5.74) is 3.19. The van der Waals surface area contributed by atoms with Gasteiger partial charge in [-0.05, 0) is 93.1 Å². The van der Waals surface area contributed by atoms with Crippen LogP contribution < -0.4 is 20.7 Å². The van der Waals surface area contributed by atoms with E-state index in [-0.39, 0.29) is 40.9 Å². The predicted octanol–water partition coefficient (Wildman–Crippen LogP) is 5.83. The lowest BCUT2D eigenvalue weighted by Gasteiger charge is -2.36. The van der Waals surface area contributed by atoms with Crippen LogP contribution >= 0.6 is 0 Å². The summed E-state index contributed by atoms with van der Waals surface area (Å²) in [6, 6.07) is 17.1. The molecule has 2 fully saturated rings. The third-order valence-electron chi connectivity index (χ3n) is 9.60. The number of carbonyl (C=O) groups is 2. The number of rotatable bonds is 9. The summed E-state index contributed by atoms with van der Waals surface area (Å²) in [5.74, 6) is -1.33. The van der Waals surface area contributed by atoms with Crippen LogP contribution in [0.15, 0.2) is 79.3 Å². The van der Waals surface area contributed by atoms with Gasteiger partial charge < -0.3 is 30.2 Å². The highest BCUT2D eigenvalue weighted by Gasteiger charge is 2.27. The third kappa shape index (κ3) is 8.21. The van der Waals surface area contributed by atoms with Crippen molar-refractivity contribution in [1.82, 2.24) is 35.2 Å². The van der Waals surface area contributed by atoms with E-state index < -0.39 is 17.5 Å². The number of ether oxygens (including phenoxy) is 1. The molecular weight excluding hydrogens is 668 g/mol. The summed E-state index contributed by atoms with van der Waals surface area (Å²) in [7, 11) is 0. The van der Waals surface area contributed by atoms with Crippen LogP contribution in [0.2, 0.25) is 0 Å². The van der Waals surface area contributed by atoms with Crippen LogP contribution in [0.1, 0.15) is 65.9 Å². The van der Waals surface area contributed by atoms with Gasteiger partial charge in [-0.15, -0.1) is 0 Å². The van der Waals surface area contributed by atoms with Gasteiger partial charge >= 0.3 is 0 Å². The number of phenolic OH excluding ortho intramolecular Hbond substituents is 1. The van der Waals surface area contributed by atoms with Crippen molar-refractivity contribution in [2.24, 2.45) is 0 Å². The second kappa shape index (κ2) is 15.1. The molecule has 2 aromatic carbocycles. The average Bonchev–Trinajstić information content (AvgIpc) is 3.54. The summed E-state index contributed by atoms with van der Waals surface area (Å²) in [6.45, 7) is 6.69. The van der Waals surface area contributed by atoms with Gasteiger partial charge in [-0.25, -0.2) is 18.7 Å². The Labute approximate surface area is 300 Å². The minimum absolute atomic E-state index is 0.0299. The summed E-state index contributed by atoms with van der Waals surface area (Å²) in [4.78, 5) is 37.0. The Hall–Kier alpha value is -5.40. The number of fused-ring (bicyclic) bond motifs is 1. The van der Waals surface area contributed by atoms with E-state index >= 15 is 0 Å². The van der Waals surface area contributed by atoms with E-state index in [2.05, 4.69) is 44.7 Å². The Balaban J connectivity index is 0.978. The molecule has 0 spiro atoms. The molecule has 0 unspecified atom stereocenters. The van der Waals surface area contributed by atoms with Gasteiger partial charge in [-0.3, -0.25) is 14.5 Å². The Morgan fingerprint density at radius 3 is 2.35 bits per heavy atom. The maximum Gasteiger partial charge on any atom is 0.271 e. The highest BCUT2D eigenvalue weighted by atomic mass is 19.1. The van der Waals surface area contributed by atoms with E-state index in [4.69, 9.17) is 4.74 Å². The molecule has 270 valence electrons. The topological polar surface area (TPSA) is 133 Å². The number of pyridine rings is 2. The number of carbonyl (C=O) groups excluding carboxylic acids is 2. The van der Waals surface area contributed by atoms with Gasteiger partial charge in [-0.2, -0.15) is 0 Å². The number of piperazine rings is 1. The number of aromatic nitrogens is 3. The molecule has 13 heteroatoms. The Morgan fingerprint density at radius 2 is 1.60 bits per heavy atom. The summed E-state index contributed by atoms with van der Waals surface area (Å²) in [6.07, 6.45) is 6.17. The maximum atomic E-state index is 14.4. The number of hydrogen-bond donors (Lipinski definition) is 4. The second-order valence-electron chi connectivity index (χ2n) is 13.9. The fourth-order valence-corrected chi connectivity index (χ4v) is 7.20. The smallest absolute Gasteiger partial charge is 0.271 e. The quantitative estimate of drug-likeness (QED) is 0.151. The number of amides is 2. The molecule has 7 rings (SSSR count). The highest BCUT2D eigenvalue weighted by molar-refractivity contribution is 5.96. The number of phenols is 1. The number of hydrogen-bond acceptors (Lipinski definition) is 8. The molecule has 0 bridgehead atoms. The Bertz CT molecular complexity index is 2090. The lowest BCUT2D eigenvalue weighted by molar-refractivity contribution is 0.0888. The minimum Gasteiger partial charge on any atom is -0.508 e. The van der Waals surface area contributed by atoms with Crippen molar-refractivity contribution >= 4 is 17.5 Å². The zero-order valence-corrected chi connectivity index (χ0v) is 29.0. The minimum atomic E-state index is -0.669. The molecular formula is C39H41F2N7O4. The fraction of sp³-hybridized carbons (Fsp3) is 0.333. The largest absolute Gasteiger partial charge is 0.508 e. The molecule has 4 N–H and O–H groups in total. The van der Waals surface area contributed by atoms with Crippen molar-refractivity contribution < 1.29 is 28.2 Å². The zero-order chi connectivity index (χ0) is 36.4. The van der Waals surface area contributed by atoms with E-state index in [1.807, 2.05) is 30.3 Å².